The standard InChI is InChI=1S/C9H18N2O2/c1-2-10-5-3-9(12)11-8-4-6-13-7-8/h8,10H,2-7H2,1H3,(H,11,12). The third-order valence-electron chi connectivity index (χ3n) is 2.07. The third kappa shape index (κ3) is 4.24. The molecule has 1 aliphatic heterocycles. The molecule has 0 saturated carbocycles. The van der Waals surface area contributed by atoms with Crippen molar-refractivity contribution in [1.29, 1.82) is 0 Å². The van der Waals surface area contributed by atoms with Gasteiger partial charge in [0.2, 0.25) is 5.91 Å². The van der Waals surface area contributed by atoms with E-state index in [1.54, 1.807) is 0 Å². The Labute approximate surface area is 79.0 Å². The summed E-state index contributed by atoms with van der Waals surface area (Å²) in [6, 6.07) is 0.245. The summed E-state index contributed by atoms with van der Waals surface area (Å²) in [4.78, 5) is 11.3. The molecule has 13 heavy (non-hydrogen) atoms. The van der Waals surface area contributed by atoms with E-state index in [1.807, 2.05) is 6.92 Å². The molecule has 1 rings (SSSR count). The van der Waals surface area contributed by atoms with Crippen LogP contribution in [0.25, 0.3) is 0 Å². The topological polar surface area (TPSA) is 50.4 Å². The van der Waals surface area contributed by atoms with Gasteiger partial charge in [-0.25, -0.2) is 0 Å². The molecule has 1 atom stereocenters. The molecule has 4 nitrogen and oxygen atoms in total. The van der Waals surface area contributed by atoms with Gasteiger partial charge in [-0.1, -0.05) is 6.92 Å². The van der Waals surface area contributed by atoms with Crippen molar-refractivity contribution >= 4 is 5.91 Å². The van der Waals surface area contributed by atoms with Crippen molar-refractivity contribution in [3.05, 3.63) is 0 Å². The number of nitrogens with one attached hydrogen (secondary N) is 2. The monoisotopic (exact) mass is 186 g/mol. The molecule has 0 aromatic carbocycles. The molecule has 1 amide bonds. The molecule has 1 saturated heterocycles. The highest BCUT2D eigenvalue weighted by molar-refractivity contribution is 5.76. The predicted molar refractivity (Wildman–Crippen MR) is 50.5 cm³/mol. The van der Waals surface area contributed by atoms with Gasteiger partial charge in [-0.05, 0) is 13.0 Å². The molecule has 0 aromatic heterocycles. The lowest BCUT2D eigenvalue weighted by molar-refractivity contribution is -0.121. The van der Waals surface area contributed by atoms with Gasteiger partial charge in [0, 0.05) is 19.6 Å². The highest BCUT2D eigenvalue weighted by atomic mass is 16.5. The van der Waals surface area contributed by atoms with E-state index in [-0.39, 0.29) is 11.9 Å². The van der Waals surface area contributed by atoms with E-state index in [1.165, 1.54) is 0 Å². The molecule has 0 aromatic rings. The molecular weight excluding hydrogens is 168 g/mol. The van der Waals surface area contributed by atoms with E-state index < -0.39 is 0 Å². The van der Waals surface area contributed by atoms with Gasteiger partial charge in [-0.2, -0.15) is 0 Å². The van der Waals surface area contributed by atoms with Crippen LogP contribution in [0.5, 0.6) is 0 Å². The highest BCUT2D eigenvalue weighted by Crippen LogP contribution is 2.02. The van der Waals surface area contributed by atoms with Gasteiger partial charge in [-0.15, -0.1) is 0 Å². The van der Waals surface area contributed by atoms with E-state index in [2.05, 4.69) is 10.6 Å². The summed E-state index contributed by atoms with van der Waals surface area (Å²) in [6.07, 6.45) is 1.51. The van der Waals surface area contributed by atoms with Gasteiger partial charge < -0.3 is 15.4 Å². The van der Waals surface area contributed by atoms with Crippen LogP contribution in [0.4, 0.5) is 0 Å². The van der Waals surface area contributed by atoms with Crippen LogP contribution in [0.15, 0.2) is 0 Å². The number of rotatable bonds is 5. The molecule has 0 bridgehead atoms. The normalized spacial score (nSPS) is 21.8. The summed E-state index contributed by atoms with van der Waals surface area (Å²) >= 11 is 0. The lowest BCUT2D eigenvalue weighted by Gasteiger charge is -2.10. The van der Waals surface area contributed by atoms with Gasteiger partial charge in [-0.3, -0.25) is 4.79 Å². The average molecular weight is 186 g/mol. The second kappa shape index (κ2) is 5.94. The van der Waals surface area contributed by atoms with Crippen molar-refractivity contribution < 1.29 is 9.53 Å². The van der Waals surface area contributed by atoms with Crippen molar-refractivity contribution in [2.45, 2.75) is 25.8 Å². The van der Waals surface area contributed by atoms with Gasteiger partial charge >= 0.3 is 0 Å². The zero-order valence-corrected chi connectivity index (χ0v) is 8.14. The quantitative estimate of drug-likeness (QED) is 0.589. The van der Waals surface area contributed by atoms with Crippen LogP contribution in [0.3, 0.4) is 0 Å². The molecule has 0 spiro atoms. The van der Waals surface area contributed by atoms with Crippen molar-refractivity contribution in [1.82, 2.24) is 10.6 Å². The van der Waals surface area contributed by atoms with Crippen LogP contribution in [-0.2, 0) is 9.53 Å². The first kappa shape index (κ1) is 10.5. The minimum Gasteiger partial charge on any atom is -0.379 e. The first-order valence-electron chi connectivity index (χ1n) is 4.90. The first-order valence-corrected chi connectivity index (χ1v) is 4.90. The predicted octanol–water partition coefficient (Wildman–Crippen LogP) is -0.109. The van der Waals surface area contributed by atoms with Crippen molar-refractivity contribution in [2.24, 2.45) is 0 Å². The number of hydrogen-bond acceptors (Lipinski definition) is 3. The Bertz CT molecular complexity index is 156. The molecule has 76 valence electrons. The van der Waals surface area contributed by atoms with E-state index >= 15 is 0 Å². The van der Waals surface area contributed by atoms with E-state index in [4.69, 9.17) is 4.74 Å². The molecular formula is C9H18N2O2. The zero-order valence-electron chi connectivity index (χ0n) is 8.14. The molecule has 1 heterocycles. The van der Waals surface area contributed by atoms with Crippen LogP contribution in [0.2, 0.25) is 0 Å². The Morgan fingerprint density at radius 1 is 1.62 bits per heavy atom. The first-order chi connectivity index (χ1) is 6.33. The van der Waals surface area contributed by atoms with E-state index in [9.17, 15) is 4.79 Å². The van der Waals surface area contributed by atoms with Gasteiger partial charge in [0.15, 0.2) is 0 Å². The maximum atomic E-state index is 11.3. The van der Waals surface area contributed by atoms with Gasteiger partial charge in [0.05, 0.1) is 12.6 Å². The summed E-state index contributed by atoms with van der Waals surface area (Å²) in [5, 5.41) is 6.05. The fraction of sp³-hybridized carbons (Fsp3) is 0.889. The van der Waals surface area contributed by atoms with Crippen LogP contribution < -0.4 is 10.6 Å². The molecule has 0 aliphatic carbocycles. The molecule has 4 heteroatoms. The zero-order chi connectivity index (χ0) is 9.52. The van der Waals surface area contributed by atoms with Crippen LogP contribution in [-0.4, -0.2) is 38.3 Å². The van der Waals surface area contributed by atoms with Crippen LogP contribution in [0, 0.1) is 0 Å². The summed E-state index contributed by atoms with van der Waals surface area (Å²) in [5.41, 5.74) is 0. The summed E-state index contributed by atoms with van der Waals surface area (Å²) in [6.45, 7) is 5.16. The fourth-order valence-electron chi connectivity index (χ4n) is 1.33. The smallest absolute Gasteiger partial charge is 0.221 e. The second-order valence-electron chi connectivity index (χ2n) is 3.23. The number of ether oxygens (including phenoxy) is 1. The number of carbonyl (C=O) groups is 1. The number of amides is 1. The minimum atomic E-state index is 0.122. The van der Waals surface area contributed by atoms with Crippen LogP contribution >= 0.6 is 0 Å². The Morgan fingerprint density at radius 3 is 3.08 bits per heavy atom. The molecule has 2 N–H and O–H groups in total. The third-order valence-corrected chi connectivity index (χ3v) is 2.07. The number of hydrogen-bond donors (Lipinski definition) is 2. The molecule has 1 aliphatic rings. The second-order valence-corrected chi connectivity index (χ2v) is 3.23. The summed E-state index contributed by atoms with van der Waals surface area (Å²) in [5.74, 6) is 0.122. The van der Waals surface area contributed by atoms with Gasteiger partial charge in [0.1, 0.15) is 0 Å². The maximum Gasteiger partial charge on any atom is 0.221 e. The minimum absolute atomic E-state index is 0.122. The SMILES string of the molecule is CCNCCC(=O)NC1CCOC1. The molecule has 0 radical (unpaired) electrons. The van der Waals surface area contributed by atoms with E-state index in [0.29, 0.717) is 13.0 Å². The average Bonchev–Trinajstić information content (AvgIpc) is 2.57. The van der Waals surface area contributed by atoms with Crippen molar-refractivity contribution in [3.8, 4) is 0 Å². The van der Waals surface area contributed by atoms with Crippen molar-refractivity contribution in [2.75, 3.05) is 26.3 Å². The lowest BCUT2D eigenvalue weighted by Crippen LogP contribution is -2.36. The summed E-state index contributed by atoms with van der Waals surface area (Å²) in [7, 11) is 0. The number of carbonyl (C=O) groups excluding carboxylic acids is 1. The van der Waals surface area contributed by atoms with Crippen molar-refractivity contribution in [3.63, 3.8) is 0 Å². The Hall–Kier alpha value is -0.610. The Morgan fingerprint density at radius 2 is 2.46 bits per heavy atom. The van der Waals surface area contributed by atoms with Gasteiger partial charge in [0.25, 0.3) is 0 Å². The highest BCUT2D eigenvalue weighted by Gasteiger charge is 2.16. The molecule has 1 fully saturated rings. The summed E-state index contributed by atoms with van der Waals surface area (Å²) < 4.78 is 5.15. The maximum absolute atomic E-state index is 11.3. The largest absolute Gasteiger partial charge is 0.379 e. The van der Waals surface area contributed by atoms with E-state index in [0.717, 1.165) is 26.1 Å². The fourth-order valence-corrected chi connectivity index (χ4v) is 1.33. The lowest BCUT2D eigenvalue weighted by atomic mass is 10.2. The Kier molecular flexibility index (Phi) is 4.78. The molecule has 1 unspecified atom stereocenters. The van der Waals surface area contributed by atoms with Crippen LogP contribution in [0.1, 0.15) is 19.8 Å². The Balaban J connectivity index is 2.02.